The second-order valence-electron chi connectivity index (χ2n) is 6.70. The van der Waals surface area contributed by atoms with Gasteiger partial charge in [0.15, 0.2) is 6.10 Å². The topological polar surface area (TPSA) is 86.1 Å². The van der Waals surface area contributed by atoms with E-state index in [-0.39, 0.29) is 5.91 Å². The van der Waals surface area contributed by atoms with Crippen LogP contribution in [0.3, 0.4) is 0 Å². The first kappa shape index (κ1) is 19.3. The molecule has 0 radical (unpaired) electrons. The Morgan fingerprint density at radius 3 is 2.29 bits per heavy atom. The highest BCUT2D eigenvalue weighted by molar-refractivity contribution is 5.98. The van der Waals surface area contributed by atoms with Gasteiger partial charge in [0.05, 0.1) is 11.3 Å². The number of ether oxygens (including phenoxy) is 1. The molecule has 0 saturated carbocycles. The van der Waals surface area contributed by atoms with E-state index in [9.17, 15) is 9.59 Å². The predicted octanol–water partition coefficient (Wildman–Crippen LogP) is 3.38. The molecule has 7 nitrogen and oxygen atoms in total. The van der Waals surface area contributed by atoms with Crippen molar-refractivity contribution >= 4 is 17.6 Å². The molecule has 3 rings (SSSR count). The molecule has 1 amide bonds. The van der Waals surface area contributed by atoms with Crippen molar-refractivity contribution in [2.75, 3.05) is 5.32 Å². The summed E-state index contributed by atoms with van der Waals surface area (Å²) in [5.41, 5.74) is 4.93. The fourth-order valence-corrected chi connectivity index (χ4v) is 2.98. The molecule has 3 aromatic rings. The standard InChI is InChI=1S/C21H22N4O3/c1-13-9-14(2)19(15(3)10-13)24-20(26)16(4)28-21(27)17-5-7-18(8-6-17)25-12-22-11-23-25/h5-12,16H,1-4H3,(H,24,26)/t16-/m0/s1. The summed E-state index contributed by atoms with van der Waals surface area (Å²) in [4.78, 5) is 28.7. The van der Waals surface area contributed by atoms with Gasteiger partial charge in [0, 0.05) is 5.69 Å². The molecule has 2 aromatic carbocycles. The van der Waals surface area contributed by atoms with Crippen LogP contribution in [0, 0.1) is 20.8 Å². The van der Waals surface area contributed by atoms with Crippen LogP contribution in [0.15, 0.2) is 49.1 Å². The Bertz CT molecular complexity index is 972. The molecule has 1 aromatic heterocycles. The minimum absolute atomic E-state index is 0.353. The normalized spacial score (nSPS) is 11.7. The van der Waals surface area contributed by atoms with E-state index in [1.54, 1.807) is 42.2 Å². The van der Waals surface area contributed by atoms with Gasteiger partial charge < -0.3 is 10.1 Å². The van der Waals surface area contributed by atoms with Gasteiger partial charge >= 0.3 is 5.97 Å². The lowest BCUT2D eigenvalue weighted by atomic mass is 10.0. The van der Waals surface area contributed by atoms with Gasteiger partial charge in [0.25, 0.3) is 5.91 Å². The Morgan fingerprint density at radius 2 is 1.71 bits per heavy atom. The number of anilines is 1. The highest BCUT2D eigenvalue weighted by Gasteiger charge is 2.20. The first-order valence-corrected chi connectivity index (χ1v) is 8.90. The number of carbonyl (C=O) groups excluding carboxylic acids is 2. The fraction of sp³-hybridized carbons (Fsp3) is 0.238. The molecule has 1 heterocycles. The molecule has 0 aliphatic rings. The maximum Gasteiger partial charge on any atom is 0.338 e. The zero-order valence-corrected chi connectivity index (χ0v) is 16.3. The lowest BCUT2D eigenvalue weighted by Gasteiger charge is -2.17. The first-order chi connectivity index (χ1) is 13.3. The number of nitrogens with zero attached hydrogens (tertiary/aromatic N) is 3. The number of benzene rings is 2. The largest absolute Gasteiger partial charge is 0.449 e. The average molecular weight is 378 g/mol. The number of aryl methyl sites for hydroxylation is 3. The summed E-state index contributed by atoms with van der Waals surface area (Å²) in [7, 11) is 0. The molecule has 0 bridgehead atoms. The molecular formula is C21H22N4O3. The molecule has 0 fully saturated rings. The van der Waals surface area contributed by atoms with Gasteiger partial charge in [-0.15, -0.1) is 0 Å². The number of amides is 1. The fourth-order valence-electron chi connectivity index (χ4n) is 2.98. The summed E-state index contributed by atoms with van der Waals surface area (Å²) >= 11 is 0. The Balaban J connectivity index is 1.64. The lowest BCUT2D eigenvalue weighted by Crippen LogP contribution is -2.30. The van der Waals surface area contributed by atoms with Crippen LogP contribution in [0.25, 0.3) is 5.69 Å². The van der Waals surface area contributed by atoms with Crippen LogP contribution in [0.1, 0.15) is 34.0 Å². The molecular weight excluding hydrogens is 356 g/mol. The van der Waals surface area contributed by atoms with E-state index in [1.807, 2.05) is 32.9 Å². The summed E-state index contributed by atoms with van der Waals surface area (Å²) in [5.74, 6) is -0.937. The molecule has 0 spiro atoms. The second kappa shape index (κ2) is 8.04. The maximum atomic E-state index is 12.5. The third-order valence-electron chi connectivity index (χ3n) is 4.36. The number of rotatable bonds is 5. The first-order valence-electron chi connectivity index (χ1n) is 8.90. The zero-order valence-electron chi connectivity index (χ0n) is 16.3. The quantitative estimate of drug-likeness (QED) is 0.688. The highest BCUT2D eigenvalue weighted by atomic mass is 16.5. The highest BCUT2D eigenvalue weighted by Crippen LogP contribution is 2.22. The Labute approximate surface area is 163 Å². The van der Waals surface area contributed by atoms with E-state index in [1.165, 1.54) is 6.33 Å². The molecule has 144 valence electrons. The van der Waals surface area contributed by atoms with Gasteiger partial charge in [-0.3, -0.25) is 4.79 Å². The van der Waals surface area contributed by atoms with Crippen molar-refractivity contribution in [2.24, 2.45) is 0 Å². The number of hydrogen-bond acceptors (Lipinski definition) is 5. The van der Waals surface area contributed by atoms with Crippen LogP contribution in [0.5, 0.6) is 0 Å². The number of hydrogen-bond donors (Lipinski definition) is 1. The number of carbonyl (C=O) groups is 2. The van der Waals surface area contributed by atoms with Gasteiger partial charge in [0.2, 0.25) is 0 Å². The predicted molar refractivity (Wildman–Crippen MR) is 106 cm³/mol. The van der Waals surface area contributed by atoms with Crippen molar-refractivity contribution < 1.29 is 14.3 Å². The lowest BCUT2D eigenvalue weighted by molar-refractivity contribution is -0.123. The van der Waals surface area contributed by atoms with Crippen LogP contribution in [-0.4, -0.2) is 32.7 Å². The SMILES string of the molecule is Cc1cc(C)c(NC(=O)[C@H](C)OC(=O)c2ccc(-n3cncn3)cc2)c(C)c1. The second-order valence-corrected chi connectivity index (χ2v) is 6.70. The molecule has 7 heteroatoms. The van der Waals surface area contributed by atoms with Gasteiger partial charge in [0.1, 0.15) is 12.7 Å². The van der Waals surface area contributed by atoms with Crippen LogP contribution < -0.4 is 5.32 Å². The number of esters is 1. The van der Waals surface area contributed by atoms with Crippen molar-refractivity contribution in [3.05, 3.63) is 71.3 Å². The van der Waals surface area contributed by atoms with E-state index in [2.05, 4.69) is 15.4 Å². The Kier molecular flexibility index (Phi) is 5.54. The van der Waals surface area contributed by atoms with Crippen LogP contribution in [0.4, 0.5) is 5.69 Å². The molecule has 1 atom stereocenters. The van der Waals surface area contributed by atoms with Crippen LogP contribution in [-0.2, 0) is 9.53 Å². The van der Waals surface area contributed by atoms with Gasteiger partial charge in [-0.25, -0.2) is 14.5 Å². The molecule has 0 saturated heterocycles. The van der Waals surface area contributed by atoms with E-state index < -0.39 is 12.1 Å². The van der Waals surface area contributed by atoms with Gasteiger partial charge in [-0.2, -0.15) is 5.10 Å². The van der Waals surface area contributed by atoms with Gasteiger partial charge in [-0.1, -0.05) is 17.7 Å². The summed E-state index contributed by atoms with van der Waals surface area (Å²) in [6.45, 7) is 7.42. The summed E-state index contributed by atoms with van der Waals surface area (Å²) in [6, 6.07) is 10.7. The molecule has 28 heavy (non-hydrogen) atoms. The maximum absolute atomic E-state index is 12.5. The average Bonchev–Trinajstić information content (AvgIpc) is 3.19. The van der Waals surface area contributed by atoms with Crippen LogP contribution >= 0.6 is 0 Å². The molecule has 1 N–H and O–H groups in total. The van der Waals surface area contributed by atoms with Crippen molar-refractivity contribution in [2.45, 2.75) is 33.8 Å². The van der Waals surface area contributed by atoms with E-state index >= 15 is 0 Å². The van der Waals surface area contributed by atoms with Gasteiger partial charge in [-0.05, 0) is 63.1 Å². The smallest absolute Gasteiger partial charge is 0.338 e. The zero-order chi connectivity index (χ0) is 20.3. The number of aromatic nitrogens is 3. The third kappa shape index (κ3) is 4.25. The van der Waals surface area contributed by atoms with E-state index in [0.717, 1.165) is 28.1 Å². The Morgan fingerprint density at radius 1 is 1.07 bits per heavy atom. The number of nitrogens with one attached hydrogen (secondary N) is 1. The van der Waals surface area contributed by atoms with Crippen molar-refractivity contribution in [1.82, 2.24) is 14.8 Å². The molecule has 0 aliphatic heterocycles. The van der Waals surface area contributed by atoms with E-state index in [4.69, 9.17) is 4.74 Å². The van der Waals surface area contributed by atoms with Crippen molar-refractivity contribution in [1.29, 1.82) is 0 Å². The van der Waals surface area contributed by atoms with Crippen molar-refractivity contribution in [3.8, 4) is 5.69 Å². The minimum Gasteiger partial charge on any atom is -0.449 e. The van der Waals surface area contributed by atoms with Crippen LogP contribution in [0.2, 0.25) is 0 Å². The minimum atomic E-state index is -0.928. The third-order valence-corrected chi connectivity index (χ3v) is 4.36. The summed E-state index contributed by atoms with van der Waals surface area (Å²) in [6.07, 6.45) is 2.07. The summed E-state index contributed by atoms with van der Waals surface area (Å²) < 4.78 is 6.90. The molecule has 0 unspecified atom stereocenters. The summed E-state index contributed by atoms with van der Waals surface area (Å²) in [5, 5.41) is 6.88. The Hall–Kier alpha value is -3.48. The molecule has 0 aliphatic carbocycles. The van der Waals surface area contributed by atoms with Crippen molar-refractivity contribution in [3.63, 3.8) is 0 Å². The van der Waals surface area contributed by atoms with E-state index in [0.29, 0.717) is 5.56 Å². The monoisotopic (exact) mass is 378 g/mol.